The van der Waals surface area contributed by atoms with Crippen LogP contribution in [-0.4, -0.2) is 25.1 Å². The van der Waals surface area contributed by atoms with Crippen molar-refractivity contribution in [3.8, 4) is 17.6 Å². The van der Waals surface area contributed by atoms with Crippen molar-refractivity contribution in [1.29, 1.82) is 5.26 Å². The number of nitrogens with zero attached hydrogens (tertiary/aromatic N) is 2. The monoisotopic (exact) mass is 465 g/mol. The van der Waals surface area contributed by atoms with Gasteiger partial charge in [0.05, 0.1) is 34.3 Å². The summed E-state index contributed by atoms with van der Waals surface area (Å²) in [4.78, 5) is 22.6. The van der Waals surface area contributed by atoms with Crippen LogP contribution in [0.3, 0.4) is 0 Å². The minimum Gasteiger partial charge on any atom is -0.493 e. The summed E-state index contributed by atoms with van der Waals surface area (Å²) in [6.45, 7) is 0. The van der Waals surface area contributed by atoms with Crippen LogP contribution in [-0.2, 0) is 4.79 Å². The van der Waals surface area contributed by atoms with E-state index in [9.17, 15) is 20.2 Å². The molecule has 28 heavy (non-hydrogen) atoms. The van der Waals surface area contributed by atoms with E-state index in [1.54, 1.807) is 12.1 Å². The fraction of sp³-hybridized carbons (Fsp3) is 0.111. The van der Waals surface area contributed by atoms with E-state index in [0.717, 1.165) is 6.07 Å². The molecule has 0 aliphatic rings. The Morgan fingerprint density at radius 3 is 2.57 bits per heavy atom. The lowest BCUT2D eigenvalue weighted by atomic mass is 10.1. The molecule has 8 nitrogen and oxygen atoms in total. The van der Waals surface area contributed by atoms with Gasteiger partial charge in [0, 0.05) is 12.1 Å². The molecule has 0 radical (unpaired) electrons. The van der Waals surface area contributed by atoms with Crippen LogP contribution in [0.5, 0.6) is 11.5 Å². The summed E-state index contributed by atoms with van der Waals surface area (Å²) >= 11 is 9.30. The lowest BCUT2D eigenvalue weighted by molar-refractivity contribution is -0.384. The zero-order valence-electron chi connectivity index (χ0n) is 14.7. The first-order valence-electron chi connectivity index (χ1n) is 7.59. The number of amides is 1. The molecule has 0 unspecified atom stereocenters. The summed E-state index contributed by atoms with van der Waals surface area (Å²) in [6.07, 6.45) is 1.36. The standard InChI is InChI=1S/C18H13BrClN3O5/c1-27-16-7-10(6-13(19)17(16)28-2)5-11(9-21)18(24)22-15-4-3-12(23(25)26)8-14(15)20/h3-8H,1-2H3,(H,22,24). The zero-order chi connectivity index (χ0) is 20.8. The van der Waals surface area contributed by atoms with Crippen molar-refractivity contribution in [2.45, 2.75) is 0 Å². The average molecular weight is 467 g/mol. The Morgan fingerprint density at radius 2 is 2.04 bits per heavy atom. The molecule has 1 amide bonds. The fourth-order valence-corrected chi connectivity index (χ4v) is 3.09. The molecular formula is C18H13BrClN3O5. The Balaban J connectivity index is 2.33. The van der Waals surface area contributed by atoms with Crippen molar-refractivity contribution in [3.63, 3.8) is 0 Å². The van der Waals surface area contributed by atoms with Crippen LogP contribution in [0.15, 0.2) is 40.4 Å². The second-order valence-electron chi connectivity index (χ2n) is 5.28. The molecule has 0 spiro atoms. The van der Waals surface area contributed by atoms with Gasteiger partial charge >= 0.3 is 0 Å². The molecule has 2 aromatic carbocycles. The van der Waals surface area contributed by atoms with Gasteiger partial charge in [-0.25, -0.2) is 0 Å². The molecule has 2 rings (SSSR count). The molecule has 10 heteroatoms. The molecule has 0 atom stereocenters. The van der Waals surface area contributed by atoms with E-state index in [-0.39, 0.29) is 22.0 Å². The summed E-state index contributed by atoms with van der Waals surface area (Å²) in [7, 11) is 2.95. The van der Waals surface area contributed by atoms with Crippen molar-refractivity contribution >= 4 is 50.9 Å². The summed E-state index contributed by atoms with van der Waals surface area (Å²) in [5, 5.41) is 22.5. The molecule has 1 N–H and O–H groups in total. The fourth-order valence-electron chi connectivity index (χ4n) is 2.25. The van der Waals surface area contributed by atoms with Crippen molar-refractivity contribution in [2.75, 3.05) is 19.5 Å². The number of nitro benzene ring substituents is 1. The van der Waals surface area contributed by atoms with Crippen LogP contribution in [0.1, 0.15) is 5.56 Å². The number of carbonyl (C=O) groups excluding carboxylic acids is 1. The summed E-state index contributed by atoms with van der Waals surface area (Å²) < 4.78 is 11.0. The Hall–Kier alpha value is -3.09. The van der Waals surface area contributed by atoms with E-state index in [4.69, 9.17) is 21.1 Å². The van der Waals surface area contributed by atoms with Crippen LogP contribution in [0, 0.1) is 21.4 Å². The zero-order valence-corrected chi connectivity index (χ0v) is 17.0. The first-order chi connectivity index (χ1) is 13.3. The Labute approximate surface area is 173 Å². The second kappa shape index (κ2) is 9.21. The Kier molecular flexibility index (Phi) is 6.98. The molecule has 0 bridgehead atoms. The van der Waals surface area contributed by atoms with E-state index in [0.29, 0.717) is 21.5 Å². The van der Waals surface area contributed by atoms with Gasteiger partial charge in [0.1, 0.15) is 11.6 Å². The van der Waals surface area contributed by atoms with E-state index >= 15 is 0 Å². The number of halogens is 2. The maximum absolute atomic E-state index is 12.4. The molecule has 144 valence electrons. The van der Waals surface area contributed by atoms with Gasteiger partial charge in [-0.05, 0) is 45.8 Å². The number of hydrogen-bond donors (Lipinski definition) is 1. The molecule has 0 saturated carbocycles. The van der Waals surface area contributed by atoms with Crippen molar-refractivity contribution in [1.82, 2.24) is 0 Å². The number of ether oxygens (including phenoxy) is 2. The topological polar surface area (TPSA) is 114 Å². The number of hydrogen-bond acceptors (Lipinski definition) is 6. The van der Waals surface area contributed by atoms with E-state index in [1.807, 2.05) is 6.07 Å². The number of carbonyl (C=O) groups is 1. The molecule has 0 heterocycles. The molecule has 0 saturated heterocycles. The molecule has 2 aromatic rings. The quantitative estimate of drug-likeness (QED) is 0.288. The predicted octanol–water partition coefficient (Wildman–Crippen LogP) is 4.57. The van der Waals surface area contributed by atoms with Crippen molar-refractivity contribution < 1.29 is 19.2 Å². The third kappa shape index (κ3) is 4.79. The minimum absolute atomic E-state index is 0.0197. The number of non-ortho nitro benzene ring substituents is 1. The largest absolute Gasteiger partial charge is 0.493 e. The number of nitrogens with one attached hydrogen (secondary N) is 1. The first kappa shape index (κ1) is 21.2. The van der Waals surface area contributed by atoms with Gasteiger partial charge in [0.25, 0.3) is 11.6 Å². The summed E-state index contributed by atoms with van der Waals surface area (Å²) in [6, 6.07) is 8.68. The maximum atomic E-state index is 12.4. The van der Waals surface area contributed by atoms with Gasteiger partial charge in [-0.2, -0.15) is 5.26 Å². The third-order valence-electron chi connectivity index (χ3n) is 3.54. The number of methoxy groups -OCH3 is 2. The van der Waals surface area contributed by atoms with E-state index in [1.165, 1.54) is 32.4 Å². The number of rotatable bonds is 6. The van der Waals surface area contributed by atoms with Crippen molar-refractivity contribution in [2.24, 2.45) is 0 Å². The highest BCUT2D eigenvalue weighted by Crippen LogP contribution is 2.37. The number of benzene rings is 2. The van der Waals surface area contributed by atoms with Gasteiger partial charge in [-0.3, -0.25) is 14.9 Å². The van der Waals surface area contributed by atoms with E-state index in [2.05, 4.69) is 21.2 Å². The van der Waals surface area contributed by atoms with Gasteiger partial charge in [-0.1, -0.05) is 11.6 Å². The van der Waals surface area contributed by atoms with Gasteiger partial charge in [0.2, 0.25) is 0 Å². The minimum atomic E-state index is -0.718. The molecule has 0 aromatic heterocycles. The smallest absolute Gasteiger partial charge is 0.271 e. The van der Waals surface area contributed by atoms with Crippen molar-refractivity contribution in [3.05, 3.63) is 61.1 Å². The lowest BCUT2D eigenvalue weighted by Crippen LogP contribution is -2.13. The molecular weight excluding hydrogens is 454 g/mol. The Bertz CT molecular complexity index is 1020. The maximum Gasteiger partial charge on any atom is 0.271 e. The molecule has 0 fully saturated rings. The predicted molar refractivity (Wildman–Crippen MR) is 108 cm³/mol. The SMILES string of the molecule is COc1cc(C=C(C#N)C(=O)Nc2ccc([N+](=O)[O-])cc2Cl)cc(Br)c1OC. The van der Waals surface area contributed by atoms with Gasteiger partial charge < -0.3 is 14.8 Å². The van der Waals surface area contributed by atoms with Crippen LogP contribution in [0.25, 0.3) is 6.08 Å². The Morgan fingerprint density at radius 1 is 1.32 bits per heavy atom. The highest BCUT2D eigenvalue weighted by Gasteiger charge is 2.16. The van der Waals surface area contributed by atoms with E-state index < -0.39 is 10.8 Å². The molecule has 0 aliphatic heterocycles. The molecule has 0 aliphatic carbocycles. The normalized spacial score (nSPS) is 10.8. The average Bonchev–Trinajstić information content (AvgIpc) is 2.66. The first-order valence-corrected chi connectivity index (χ1v) is 8.76. The van der Waals surface area contributed by atoms with Crippen LogP contribution < -0.4 is 14.8 Å². The number of anilines is 1. The summed E-state index contributed by atoms with van der Waals surface area (Å²) in [5.41, 5.74) is 0.251. The third-order valence-corrected chi connectivity index (χ3v) is 4.45. The van der Waals surface area contributed by atoms with Gasteiger partial charge in [-0.15, -0.1) is 0 Å². The second-order valence-corrected chi connectivity index (χ2v) is 6.54. The van der Waals surface area contributed by atoms with Crippen LogP contribution in [0.2, 0.25) is 5.02 Å². The van der Waals surface area contributed by atoms with Crippen LogP contribution in [0.4, 0.5) is 11.4 Å². The van der Waals surface area contributed by atoms with Gasteiger partial charge in [0.15, 0.2) is 11.5 Å². The van der Waals surface area contributed by atoms with Crippen LogP contribution >= 0.6 is 27.5 Å². The lowest BCUT2D eigenvalue weighted by Gasteiger charge is -2.11. The highest BCUT2D eigenvalue weighted by molar-refractivity contribution is 9.10. The summed E-state index contributed by atoms with van der Waals surface area (Å²) in [5.74, 6) is 0.170. The number of nitro groups is 1. The number of nitriles is 1. The highest BCUT2D eigenvalue weighted by atomic mass is 79.9.